The standard InChI is InChI=1S/C11H22O5/c1-3-10(2)8-15-6-4-14-5-7-16-9-11(12)13/h10H,3-9H2,1-2H3,(H,12,13). The molecule has 5 nitrogen and oxygen atoms in total. The second kappa shape index (κ2) is 10.9. The van der Waals surface area contributed by atoms with Gasteiger partial charge in [0.05, 0.1) is 26.4 Å². The van der Waals surface area contributed by atoms with Crippen molar-refractivity contribution in [2.24, 2.45) is 5.92 Å². The number of carboxylic acids is 1. The molecule has 0 fully saturated rings. The highest BCUT2D eigenvalue weighted by Gasteiger charge is 1.98. The van der Waals surface area contributed by atoms with Gasteiger partial charge in [0.2, 0.25) is 0 Å². The molecule has 0 saturated carbocycles. The molecule has 5 heteroatoms. The number of ether oxygens (including phenoxy) is 3. The maximum Gasteiger partial charge on any atom is 0.329 e. The van der Waals surface area contributed by atoms with Crippen molar-refractivity contribution in [3.05, 3.63) is 0 Å². The molecule has 0 saturated heterocycles. The van der Waals surface area contributed by atoms with Gasteiger partial charge in [0.25, 0.3) is 0 Å². The van der Waals surface area contributed by atoms with Crippen molar-refractivity contribution in [3.63, 3.8) is 0 Å². The Morgan fingerprint density at radius 2 is 1.69 bits per heavy atom. The van der Waals surface area contributed by atoms with E-state index in [0.29, 0.717) is 32.3 Å². The fraction of sp³-hybridized carbons (Fsp3) is 0.909. The van der Waals surface area contributed by atoms with Gasteiger partial charge in [-0.05, 0) is 5.92 Å². The van der Waals surface area contributed by atoms with Crippen LogP contribution in [0.4, 0.5) is 0 Å². The summed E-state index contributed by atoms with van der Waals surface area (Å²) in [6.07, 6.45) is 1.11. The normalized spacial score (nSPS) is 12.6. The predicted octanol–water partition coefficient (Wildman–Crippen LogP) is 1.17. The molecule has 1 unspecified atom stereocenters. The highest BCUT2D eigenvalue weighted by atomic mass is 16.5. The van der Waals surface area contributed by atoms with E-state index in [1.165, 1.54) is 0 Å². The molecule has 16 heavy (non-hydrogen) atoms. The van der Waals surface area contributed by atoms with Crippen molar-refractivity contribution >= 4 is 5.97 Å². The molecule has 0 aromatic carbocycles. The first-order chi connectivity index (χ1) is 7.66. The molecule has 1 N–H and O–H groups in total. The van der Waals surface area contributed by atoms with Crippen LogP contribution in [0.1, 0.15) is 20.3 Å². The van der Waals surface area contributed by atoms with Crippen LogP contribution in [-0.2, 0) is 19.0 Å². The number of rotatable bonds is 11. The Balaban J connectivity index is 3.01. The molecule has 0 amide bonds. The van der Waals surface area contributed by atoms with Crippen molar-refractivity contribution in [3.8, 4) is 0 Å². The Bertz CT molecular complexity index is 172. The summed E-state index contributed by atoms with van der Waals surface area (Å²) >= 11 is 0. The van der Waals surface area contributed by atoms with Crippen molar-refractivity contribution in [2.45, 2.75) is 20.3 Å². The monoisotopic (exact) mass is 234 g/mol. The van der Waals surface area contributed by atoms with Gasteiger partial charge in [0.1, 0.15) is 6.61 Å². The minimum Gasteiger partial charge on any atom is -0.480 e. The van der Waals surface area contributed by atoms with Gasteiger partial charge in [-0.25, -0.2) is 4.79 Å². The molecule has 0 aromatic rings. The van der Waals surface area contributed by atoms with Crippen LogP contribution in [0, 0.1) is 5.92 Å². The van der Waals surface area contributed by atoms with Gasteiger partial charge in [-0.15, -0.1) is 0 Å². The number of aliphatic carboxylic acids is 1. The highest BCUT2D eigenvalue weighted by molar-refractivity contribution is 5.67. The molecule has 0 heterocycles. The fourth-order valence-corrected chi connectivity index (χ4v) is 0.900. The number of hydrogen-bond acceptors (Lipinski definition) is 4. The Hall–Kier alpha value is -0.650. The largest absolute Gasteiger partial charge is 0.480 e. The Morgan fingerprint density at radius 1 is 1.12 bits per heavy atom. The zero-order valence-corrected chi connectivity index (χ0v) is 10.1. The molecule has 0 radical (unpaired) electrons. The van der Waals surface area contributed by atoms with Crippen molar-refractivity contribution in [1.29, 1.82) is 0 Å². The summed E-state index contributed by atoms with van der Waals surface area (Å²) in [6.45, 7) is 6.56. The van der Waals surface area contributed by atoms with Crippen LogP contribution in [0.3, 0.4) is 0 Å². The van der Waals surface area contributed by atoms with E-state index < -0.39 is 5.97 Å². The lowest BCUT2D eigenvalue weighted by Gasteiger charge is -2.09. The third kappa shape index (κ3) is 11.4. The Kier molecular flexibility index (Phi) is 10.4. The lowest BCUT2D eigenvalue weighted by atomic mass is 10.1. The third-order valence-corrected chi connectivity index (χ3v) is 2.07. The van der Waals surface area contributed by atoms with E-state index in [-0.39, 0.29) is 6.61 Å². The maximum absolute atomic E-state index is 10.1. The first kappa shape index (κ1) is 15.3. The average Bonchev–Trinajstić information content (AvgIpc) is 2.26. The number of carboxylic acid groups (broad SMARTS) is 1. The van der Waals surface area contributed by atoms with Gasteiger partial charge in [0, 0.05) is 6.61 Å². The van der Waals surface area contributed by atoms with E-state index in [0.717, 1.165) is 13.0 Å². The maximum atomic E-state index is 10.1. The Morgan fingerprint density at radius 3 is 2.25 bits per heavy atom. The minimum atomic E-state index is -0.961. The molecule has 1 atom stereocenters. The Labute approximate surface area is 96.7 Å². The SMILES string of the molecule is CCC(C)COCCOCCOCC(=O)O. The van der Waals surface area contributed by atoms with Crippen LogP contribution >= 0.6 is 0 Å². The zero-order valence-electron chi connectivity index (χ0n) is 10.1. The molecule has 0 aliphatic heterocycles. The molecule has 0 aliphatic carbocycles. The van der Waals surface area contributed by atoms with Crippen molar-refractivity contribution in [1.82, 2.24) is 0 Å². The van der Waals surface area contributed by atoms with Crippen molar-refractivity contribution < 1.29 is 24.1 Å². The van der Waals surface area contributed by atoms with Crippen molar-refractivity contribution in [2.75, 3.05) is 39.6 Å². The summed E-state index contributed by atoms with van der Waals surface area (Å²) in [6, 6.07) is 0. The second-order valence-corrected chi connectivity index (χ2v) is 3.65. The van der Waals surface area contributed by atoms with Crippen LogP contribution in [-0.4, -0.2) is 50.7 Å². The van der Waals surface area contributed by atoms with Gasteiger partial charge >= 0.3 is 5.97 Å². The van der Waals surface area contributed by atoms with Gasteiger partial charge < -0.3 is 19.3 Å². The average molecular weight is 234 g/mol. The lowest BCUT2D eigenvalue weighted by Crippen LogP contribution is -2.14. The molecule has 0 bridgehead atoms. The fourth-order valence-electron chi connectivity index (χ4n) is 0.900. The molecule has 0 aromatic heterocycles. The van der Waals surface area contributed by atoms with E-state index in [1.54, 1.807) is 0 Å². The zero-order chi connectivity index (χ0) is 12.2. The lowest BCUT2D eigenvalue weighted by molar-refractivity contribution is -0.142. The van der Waals surface area contributed by atoms with E-state index in [4.69, 9.17) is 19.3 Å². The van der Waals surface area contributed by atoms with E-state index in [9.17, 15) is 4.79 Å². The van der Waals surface area contributed by atoms with Crippen LogP contribution in [0.2, 0.25) is 0 Å². The van der Waals surface area contributed by atoms with E-state index >= 15 is 0 Å². The van der Waals surface area contributed by atoms with Crippen LogP contribution in [0.5, 0.6) is 0 Å². The minimum absolute atomic E-state index is 0.270. The molecule has 96 valence electrons. The number of hydrogen-bond donors (Lipinski definition) is 1. The predicted molar refractivity (Wildman–Crippen MR) is 59.5 cm³/mol. The van der Waals surface area contributed by atoms with Gasteiger partial charge in [-0.1, -0.05) is 20.3 Å². The van der Waals surface area contributed by atoms with E-state index in [1.807, 2.05) is 0 Å². The summed E-state index contributed by atoms with van der Waals surface area (Å²) in [5.41, 5.74) is 0. The summed E-state index contributed by atoms with van der Waals surface area (Å²) < 4.78 is 15.4. The van der Waals surface area contributed by atoms with Gasteiger partial charge in [-0.2, -0.15) is 0 Å². The van der Waals surface area contributed by atoms with Gasteiger partial charge in [-0.3, -0.25) is 0 Å². The summed E-state index contributed by atoms with van der Waals surface area (Å²) in [4.78, 5) is 10.1. The summed E-state index contributed by atoms with van der Waals surface area (Å²) in [5.74, 6) is -0.379. The van der Waals surface area contributed by atoms with Crippen LogP contribution in [0.25, 0.3) is 0 Å². The topological polar surface area (TPSA) is 65.0 Å². The molecular weight excluding hydrogens is 212 g/mol. The summed E-state index contributed by atoms with van der Waals surface area (Å²) in [5, 5.41) is 8.28. The highest BCUT2D eigenvalue weighted by Crippen LogP contribution is 1.99. The molecule has 0 spiro atoms. The summed E-state index contributed by atoms with van der Waals surface area (Å²) in [7, 11) is 0. The first-order valence-corrected chi connectivity index (χ1v) is 5.61. The second-order valence-electron chi connectivity index (χ2n) is 3.65. The van der Waals surface area contributed by atoms with Crippen LogP contribution < -0.4 is 0 Å². The molecule has 0 aliphatic rings. The molecular formula is C11H22O5. The van der Waals surface area contributed by atoms with Crippen LogP contribution in [0.15, 0.2) is 0 Å². The first-order valence-electron chi connectivity index (χ1n) is 5.61. The molecule has 0 rings (SSSR count). The number of carbonyl (C=O) groups is 1. The third-order valence-electron chi connectivity index (χ3n) is 2.07. The van der Waals surface area contributed by atoms with E-state index in [2.05, 4.69) is 13.8 Å². The van der Waals surface area contributed by atoms with Gasteiger partial charge in [0.15, 0.2) is 0 Å². The smallest absolute Gasteiger partial charge is 0.329 e. The quantitative estimate of drug-likeness (QED) is 0.544.